The Morgan fingerprint density at radius 3 is 2.65 bits per heavy atom. The highest BCUT2D eigenvalue weighted by molar-refractivity contribution is 6.01. The maximum absolute atomic E-state index is 12.2. The Morgan fingerprint density at radius 2 is 1.96 bits per heavy atom. The first-order chi connectivity index (χ1) is 11.1. The van der Waals surface area contributed by atoms with Crippen LogP contribution < -0.4 is 5.32 Å². The van der Waals surface area contributed by atoms with Gasteiger partial charge >= 0.3 is 5.97 Å². The Kier molecular flexibility index (Phi) is 6.59. The number of benzene rings is 1. The zero-order chi connectivity index (χ0) is 16.7. The summed E-state index contributed by atoms with van der Waals surface area (Å²) in [6.45, 7) is 7.24. The Bertz CT molecular complexity index is 537. The van der Waals surface area contributed by atoms with Gasteiger partial charge in [0.2, 0.25) is 5.91 Å². The standard InChI is InChI=1S/C18H26N2O3/c1-3-23-18(22)15-6-4-5-7-16(15)19-17(21)10-13-20-11-8-14(2)9-12-20/h4-7,14H,3,8-13H2,1-2H3,(H,19,21). The van der Waals surface area contributed by atoms with E-state index in [2.05, 4.69) is 17.1 Å². The number of nitrogens with zero attached hydrogens (tertiary/aromatic N) is 1. The third-order valence-electron chi connectivity index (χ3n) is 4.23. The number of carbonyl (C=O) groups is 2. The average Bonchev–Trinajstić information content (AvgIpc) is 2.55. The molecule has 0 spiro atoms. The van der Waals surface area contributed by atoms with Gasteiger partial charge in [0.15, 0.2) is 0 Å². The molecule has 0 aromatic heterocycles. The molecule has 1 aliphatic rings. The normalized spacial score (nSPS) is 16.1. The van der Waals surface area contributed by atoms with Crippen molar-refractivity contribution in [3.63, 3.8) is 0 Å². The maximum atomic E-state index is 12.2. The molecule has 1 aromatic carbocycles. The summed E-state index contributed by atoms with van der Waals surface area (Å²) in [4.78, 5) is 26.4. The van der Waals surface area contributed by atoms with Gasteiger partial charge in [0, 0.05) is 13.0 Å². The number of nitrogens with one attached hydrogen (secondary N) is 1. The molecule has 0 aliphatic carbocycles. The minimum Gasteiger partial charge on any atom is -0.462 e. The molecule has 1 aromatic rings. The van der Waals surface area contributed by atoms with Crippen molar-refractivity contribution in [2.45, 2.75) is 33.1 Å². The minimum absolute atomic E-state index is 0.0691. The lowest BCUT2D eigenvalue weighted by atomic mass is 9.99. The molecular formula is C18H26N2O3. The van der Waals surface area contributed by atoms with Crippen molar-refractivity contribution >= 4 is 17.6 Å². The molecule has 1 amide bonds. The lowest BCUT2D eigenvalue weighted by molar-refractivity contribution is -0.116. The second kappa shape index (κ2) is 8.67. The number of anilines is 1. The van der Waals surface area contributed by atoms with Gasteiger partial charge < -0.3 is 15.0 Å². The lowest BCUT2D eigenvalue weighted by Crippen LogP contribution is -2.35. The SMILES string of the molecule is CCOC(=O)c1ccccc1NC(=O)CCN1CCC(C)CC1. The van der Waals surface area contributed by atoms with Crippen LogP contribution in [0.4, 0.5) is 5.69 Å². The molecule has 1 saturated heterocycles. The fourth-order valence-electron chi connectivity index (χ4n) is 2.74. The number of esters is 1. The molecule has 1 heterocycles. The first-order valence-electron chi connectivity index (χ1n) is 8.38. The van der Waals surface area contributed by atoms with Gasteiger partial charge in [-0.25, -0.2) is 4.79 Å². The maximum Gasteiger partial charge on any atom is 0.340 e. The summed E-state index contributed by atoms with van der Waals surface area (Å²) in [5.41, 5.74) is 0.915. The van der Waals surface area contributed by atoms with E-state index in [9.17, 15) is 9.59 Å². The molecule has 1 fully saturated rings. The van der Waals surface area contributed by atoms with Crippen LogP contribution in [0.1, 0.15) is 43.5 Å². The van der Waals surface area contributed by atoms with Crippen LogP contribution in [0.2, 0.25) is 0 Å². The van der Waals surface area contributed by atoms with Crippen LogP contribution in [-0.4, -0.2) is 43.0 Å². The molecule has 0 unspecified atom stereocenters. The molecule has 0 bridgehead atoms. The number of piperidine rings is 1. The van der Waals surface area contributed by atoms with Crippen LogP contribution in [-0.2, 0) is 9.53 Å². The number of hydrogen-bond donors (Lipinski definition) is 1. The third-order valence-corrected chi connectivity index (χ3v) is 4.23. The summed E-state index contributed by atoms with van der Waals surface area (Å²) in [7, 11) is 0. The fraction of sp³-hybridized carbons (Fsp3) is 0.556. The molecule has 2 rings (SSSR count). The van der Waals surface area contributed by atoms with E-state index in [0.29, 0.717) is 24.3 Å². The van der Waals surface area contributed by atoms with Crippen molar-refractivity contribution in [2.75, 3.05) is 31.6 Å². The summed E-state index contributed by atoms with van der Waals surface area (Å²) < 4.78 is 5.02. The first-order valence-corrected chi connectivity index (χ1v) is 8.38. The zero-order valence-corrected chi connectivity index (χ0v) is 14.0. The van der Waals surface area contributed by atoms with Crippen LogP contribution in [0.3, 0.4) is 0 Å². The van der Waals surface area contributed by atoms with E-state index in [-0.39, 0.29) is 5.91 Å². The third kappa shape index (κ3) is 5.36. The molecular weight excluding hydrogens is 292 g/mol. The first kappa shape index (κ1) is 17.5. The van der Waals surface area contributed by atoms with Gasteiger partial charge in [-0.1, -0.05) is 19.1 Å². The van der Waals surface area contributed by atoms with Gasteiger partial charge in [-0.3, -0.25) is 4.79 Å². The molecule has 1 N–H and O–H groups in total. The fourth-order valence-corrected chi connectivity index (χ4v) is 2.74. The van der Waals surface area contributed by atoms with Crippen molar-refractivity contribution < 1.29 is 14.3 Å². The molecule has 1 aliphatic heterocycles. The van der Waals surface area contributed by atoms with E-state index in [1.807, 2.05) is 0 Å². The van der Waals surface area contributed by atoms with Crippen LogP contribution in [0, 0.1) is 5.92 Å². The van der Waals surface area contributed by atoms with E-state index >= 15 is 0 Å². The number of para-hydroxylation sites is 1. The Labute approximate surface area is 138 Å². The van der Waals surface area contributed by atoms with E-state index in [0.717, 1.165) is 25.6 Å². The van der Waals surface area contributed by atoms with Crippen molar-refractivity contribution in [1.29, 1.82) is 0 Å². The smallest absolute Gasteiger partial charge is 0.340 e. The molecule has 0 atom stereocenters. The van der Waals surface area contributed by atoms with Gasteiger partial charge in [0.1, 0.15) is 0 Å². The Hall–Kier alpha value is -1.88. The van der Waals surface area contributed by atoms with E-state index < -0.39 is 5.97 Å². The van der Waals surface area contributed by atoms with Gasteiger partial charge in [-0.05, 0) is 50.9 Å². The Morgan fingerprint density at radius 1 is 1.26 bits per heavy atom. The van der Waals surface area contributed by atoms with Crippen molar-refractivity contribution in [3.05, 3.63) is 29.8 Å². The van der Waals surface area contributed by atoms with Gasteiger partial charge in [-0.2, -0.15) is 0 Å². The average molecular weight is 318 g/mol. The monoisotopic (exact) mass is 318 g/mol. The van der Waals surface area contributed by atoms with Crippen LogP contribution in [0.15, 0.2) is 24.3 Å². The van der Waals surface area contributed by atoms with Crippen molar-refractivity contribution in [3.8, 4) is 0 Å². The zero-order valence-electron chi connectivity index (χ0n) is 14.0. The quantitative estimate of drug-likeness (QED) is 0.819. The van der Waals surface area contributed by atoms with E-state index in [4.69, 9.17) is 4.74 Å². The number of likely N-dealkylation sites (tertiary alicyclic amines) is 1. The summed E-state index contributed by atoms with van der Waals surface area (Å²) in [5, 5.41) is 2.83. The molecule has 23 heavy (non-hydrogen) atoms. The van der Waals surface area contributed by atoms with Crippen LogP contribution in [0.5, 0.6) is 0 Å². The summed E-state index contributed by atoms with van der Waals surface area (Å²) in [5.74, 6) is 0.310. The summed E-state index contributed by atoms with van der Waals surface area (Å²) in [6, 6.07) is 6.95. The molecule has 5 nitrogen and oxygen atoms in total. The number of carbonyl (C=O) groups excluding carboxylic acids is 2. The molecule has 126 valence electrons. The summed E-state index contributed by atoms with van der Waals surface area (Å²) in [6.07, 6.45) is 2.84. The number of ether oxygens (including phenoxy) is 1. The number of amides is 1. The molecule has 5 heteroatoms. The van der Waals surface area contributed by atoms with E-state index in [1.165, 1.54) is 12.8 Å². The topological polar surface area (TPSA) is 58.6 Å². The molecule has 0 saturated carbocycles. The highest BCUT2D eigenvalue weighted by Crippen LogP contribution is 2.18. The number of hydrogen-bond acceptors (Lipinski definition) is 4. The predicted molar refractivity (Wildman–Crippen MR) is 90.5 cm³/mol. The summed E-state index contributed by atoms with van der Waals surface area (Å²) >= 11 is 0. The highest BCUT2D eigenvalue weighted by Gasteiger charge is 2.17. The van der Waals surface area contributed by atoms with E-state index in [1.54, 1.807) is 31.2 Å². The predicted octanol–water partition coefficient (Wildman–Crippen LogP) is 2.92. The van der Waals surface area contributed by atoms with Gasteiger partial charge in [0.25, 0.3) is 0 Å². The largest absolute Gasteiger partial charge is 0.462 e. The second-order valence-electron chi connectivity index (χ2n) is 6.09. The van der Waals surface area contributed by atoms with Crippen molar-refractivity contribution in [2.24, 2.45) is 5.92 Å². The Balaban J connectivity index is 1.86. The number of rotatable bonds is 6. The van der Waals surface area contributed by atoms with Crippen molar-refractivity contribution in [1.82, 2.24) is 4.90 Å². The van der Waals surface area contributed by atoms with Crippen LogP contribution in [0.25, 0.3) is 0 Å². The minimum atomic E-state index is -0.409. The second-order valence-corrected chi connectivity index (χ2v) is 6.09. The van der Waals surface area contributed by atoms with Gasteiger partial charge in [0.05, 0.1) is 17.9 Å². The molecule has 0 radical (unpaired) electrons. The highest BCUT2D eigenvalue weighted by atomic mass is 16.5. The lowest BCUT2D eigenvalue weighted by Gasteiger charge is -2.29. The van der Waals surface area contributed by atoms with Crippen LogP contribution >= 0.6 is 0 Å². The van der Waals surface area contributed by atoms with Gasteiger partial charge in [-0.15, -0.1) is 0 Å².